The van der Waals surface area contributed by atoms with Gasteiger partial charge in [-0.1, -0.05) is 23.4 Å². The molecule has 0 aliphatic heterocycles. The van der Waals surface area contributed by atoms with Crippen LogP contribution < -0.4 is 5.32 Å². The molecule has 0 bridgehead atoms. The number of carbonyl (C=O) groups is 1. The molecule has 0 fully saturated rings. The Hall–Kier alpha value is -1.80. The van der Waals surface area contributed by atoms with Crippen LogP contribution in [0.3, 0.4) is 0 Å². The molecule has 2 rings (SSSR count). The van der Waals surface area contributed by atoms with Crippen LogP contribution in [-0.4, -0.2) is 27.8 Å². The predicted molar refractivity (Wildman–Crippen MR) is 78.2 cm³/mol. The Labute approximate surface area is 133 Å². The highest BCUT2D eigenvalue weighted by Gasteiger charge is 2.27. The number of alkyl halides is 3. The summed E-state index contributed by atoms with van der Waals surface area (Å²) in [5.74, 6) is -1.58. The van der Waals surface area contributed by atoms with Crippen LogP contribution in [0.25, 0.3) is 0 Å². The van der Waals surface area contributed by atoms with Crippen molar-refractivity contribution in [2.75, 3.05) is 11.1 Å². The summed E-state index contributed by atoms with van der Waals surface area (Å²) in [4.78, 5) is 19.7. The van der Waals surface area contributed by atoms with Gasteiger partial charge in [0.05, 0.1) is 16.5 Å². The van der Waals surface area contributed by atoms with E-state index in [0.29, 0.717) is 17.4 Å². The van der Waals surface area contributed by atoms with Gasteiger partial charge in [0, 0.05) is 18.0 Å². The summed E-state index contributed by atoms with van der Waals surface area (Å²) in [6.45, 7) is 0. The van der Waals surface area contributed by atoms with Crippen LogP contribution in [0, 0.1) is 0 Å². The number of anilines is 1. The van der Waals surface area contributed by atoms with E-state index in [1.165, 1.54) is 24.5 Å². The molecule has 2 heterocycles. The van der Waals surface area contributed by atoms with E-state index in [2.05, 4.69) is 15.3 Å². The monoisotopic (exact) mass is 347 g/mol. The number of nitrogens with zero attached hydrogens (tertiary/aromatic N) is 2. The Bertz CT molecular complexity index is 682. The van der Waals surface area contributed by atoms with Crippen molar-refractivity contribution in [1.82, 2.24) is 9.97 Å². The molecule has 9 heteroatoms. The van der Waals surface area contributed by atoms with Crippen LogP contribution >= 0.6 is 23.4 Å². The first-order valence-electron chi connectivity index (χ1n) is 5.92. The topological polar surface area (TPSA) is 54.9 Å². The number of hydrogen-bond donors (Lipinski definition) is 1. The zero-order valence-corrected chi connectivity index (χ0v) is 12.5. The molecule has 0 aliphatic carbocycles. The van der Waals surface area contributed by atoms with Gasteiger partial charge < -0.3 is 5.32 Å². The van der Waals surface area contributed by atoms with Crippen LogP contribution in [-0.2, 0) is 0 Å². The smallest absolute Gasteiger partial charge is 0.319 e. The Kier molecular flexibility index (Phi) is 5.25. The lowest BCUT2D eigenvalue weighted by molar-refractivity contribution is -0.105. The minimum atomic E-state index is -4.30. The third-order valence-corrected chi connectivity index (χ3v) is 3.68. The van der Waals surface area contributed by atoms with Gasteiger partial charge in [0.15, 0.2) is 5.15 Å². The number of thioether (sulfide) groups is 1. The molecular formula is C13H9ClF3N3OS. The zero-order valence-electron chi connectivity index (χ0n) is 10.9. The molecule has 0 aliphatic rings. The number of carbonyl (C=O) groups excluding carboxylic acids is 1. The Morgan fingerprint density at radius 1 is 1.27 bits per heavy atom. The van der Waals surface area contributed by atoms with E-state index in [9.17, 15) is 18.0 Å². The molecule has 22 heavy (non-hydrogen) atoms. The predicted octanol–water partition coefficient (Wildman–Crippen LogP) is 4.04. The molecule has 0 saturated heterocycles. The van der Waals surface area contributed by atoms with E-state index in [0.717, 1.165) is 0 Å². The van der Waals surface area contributed by atoms with Gasteiger partial charge in [-0.25, -0.2) is 9.97 Å². The van der Waals surface area contributed by atoms with Crippen molar-refractivity contribution in [2.45, 2.75) is 11.2 Å². The van der Waals surface area contributed by atoms with Crippen LogP contribution in [0.1, 0.15) is 10.4 Å². The molecule has 0 radical (unpaired) electrons. The summed E-state index contributed by atoms with van der Waals surface area (Å²) in [7, 11) is 0. The number of nitrogens with one attached hydrogen (secondary N) is 1. The van der Waals surface area contributed by atoms with Crippen molar-refractivity contribution >= 4 is 35.0 Å². The van der Waals surface area contributed by atoms with E-state index in [-0.39, 0.29) is 15.7 Å². The van der Waals surface area contributed by atoms with E-state index < -0.39 is 17.8 Å². The molecule has 0 atom stereocenters. The second kappa shape index (κ2) is 6.97. The molecule has 0 aromatic carbocycles. The fourth-order valence-electron chi connectivity index (χ4n) is 1.46. The molecular weight excluding hydrogens is 339 g/mol. The van der Waals surface area contributed by atoms with Gasteiger partial charge in [-0.3, -0.25) is 4.79 Å². The fourth-order valence-corrected chi connectivity index (χ4v) is 2.28. The lowest BCUT2D eigenvalue weighted by atomic mass is 10.2. The Balaban J connectivity index is 2.09. The lowest BCUT2D eigenvalue weighted by Crippen LogP contribution is -2.13. The normalized spacial score (nSPS) is 11.3. The molecule has 0 spiro atoms. The van der Waals surface area contributed by atoms with E-state index in [1.54, 1.807) is 12.1 Å². The van der Waals surface area contributed by atoms with Gasteiger partial charge in [-0.2, -0.15) is 13.2 Å². The maximum absolute atomic E-state index is 12.2. The lowest BCUT2D eigenvalue weighted by Gasteiger charge is -2.08. The largest absolute Gasteiger partial charge is 0.398 e. The van der Waals surface area contributed by atoms with Crippen molar-refractivity contribution < 1.29 is 18.0 Å². The van der Waals surface area contributed by atoms with Crippen molar-refractivity contribution in [1.29, 1.82) is 0 Å². The third-order valence-electron chi connectivity index (χ3n) is 2.39. The summed E-state index contributed by atoms with van der Waals surface area (Å²) in [5, 5.41) is 2.77. The second-order valence-corrected chi connectivity index (χ2v) is 5.44. The van der Waals surface area contributed by atoms with Crippen LogP contribution in [0.5, 0.6) is 0 Å². The zero-order chi connectivity index (χ0) is 16.2. The Morgan fingerprint density at radius 3 is 2.73 bits per heavy atom. The van der Waals surface area contributed by atoms with E-state index >= 15 is 0 Å². The third kappa shape index (κ3) is 4.88. The summed E-state index contributed by atoms with van der Waals surface area (Å²) in [5.41, 5.74) is 0.495. The highest BCUT2D eigenvalue weighted by atomic mass is 35.5. The molecule has 2 aromatic heterocycles. The van der Waals surface area contributed by atoms with Crippen LogP contribution in [0.2, 0.25) is 5.15 Å². The maximum atomic E-state index is 12.2. The number of amides is 1. The van der Waals surface area contributed by atoms with E-state index in [4.69, 9.17) is 11.6 Å². The molecule has 0 unspecified atom stereocenters. The number of rotatable bonds is 4. The maximum Gasteiger partial charge on any atom is 0.398 e. The summed E-state index contributed by atoms with van der Waals surface area (Å²) in [6.07, 6.45) is -1.55. The highest BCUT2D eigenvalue weighted by Crippen LogP contribution is 2.26. The number of aromatic nitrogens is 2. The summed E-state index contributed by atoms with van der Waals surface area (Å²) >= 11 is 6.33. The molecule has 1 amide bonds. The fraction of sp³-hybridized carbons (Fsp3) is 0.154. The molecule has 1 N–H and O–H groups in total. The SMILES string of the molecule is O=C(Nc1cccnc1Cl)c1ccnc(SCC(F)(F)F)c1. The molecule has 2 aromatic rings. The minimum Gasteiger partial charge on any atom is -0.319 e. The van der Waals surface area contributed by atoms with Gasteiger partial charge in [0.25, 0.3) is 5.91 Å². The number of halogens is 4. The quantitative estimate of drug-likeness (QED) is 0.670. The van der Waals surface area contributed by atoms with Gasteiger partial charge in [-0.05, 0) is 24.3 Å². The summed E-state index contributed by atoms with van der Waals surface area (Å²) < 4.78 is 36.5. The molecule has 4 nitrogen and oxygen atoms in total. The van der Waals surface area contributed by atoms with Gasteiger partial charge in [0.2, 0.25) is 0 Å². The summed E-state index contributed by atoms with van der Waals surface area (Å²) in [6, 6.07) is 5.85. The number of hydrogen-bond acceptors (Lipinski definition) is 4. The van der Waals surface area contributed by atoms with Gasteiger partial charge in [-0.15, -0.1) is 0 Å². The Morgan fingerprint density at radius 2 is 2.05 bits per heavy atom. The average molecular weight is 348 g/mol. The average Bonchev–Trinajstić information content (AvgIpc) is 2.47. The van der Waals surface area contributed by atoms with Crippen LogP contribution in [0.4, 0.5) is 18.9 Å². The molecule has 0 saturated carbocycles. The first kappa shape index (κ1) is 16.6. The van der Waals surface area contributed by atoms with Crippen molar-refractivity contribution in [3.8, 4) is 0 Å². The van der Waals surface area contributed by atoms with Crippen molar-refractivity contribution in [3.05, 3.63) is 47.4 Å². The minimum absolute atomic E-state index is 0.113. The number of pyridine rings is 2. The standard InChI is InChI=1S/C13H9ClF3N3OS/c14-11-9(2-1-4-19-11)20-12(21)8-3-5-18-10(6-8)22-7-13(15,16)17/h1-6H,7H2,(H,20,21). The van der Waals surface area contributed by atoms with Crippen LogP contribution in [0.15, 0.2) is 41.7 Å². The van der Waals surface area contributed by atoms with Crippen molar-refractivity contribution in [3.63, 3.8) is 0 Å². The highest BCUT2D eigenvalue weighted by molar-refractivity contribution is 7.99. The first-order valence-corrected chi connectivity index (χ1v) is 7.29. The van der Waals surface area contributed by atoms with E-state index in [1.807, 2.05) is 0 Å². The first-order chi connectivity index (χ1) is 10.3. The van der Waals surface area contributed by atoms with Gasteiger partial charge in [0.1, 0.15) is 0 Å². The molecule has 116 valence electrons. The second-order valence-electron chi connectivity index (χ2n) is 4.08. The van der Waals surface area contributed by atoms with Gasteiger partial charge >= 0.3 is 6.18 Å². The van der Waals surface area contributed by atoms with Crippen molar-refractivity contribution in [2.24, 2.45) is 0 Å².